The molecule has 1 unspecified atom stereocenters. The predicted molar refractivity (Wildman–Crippen MR) is 102 cm³/mol. The molecule has 0 spiro atoms. The molecule has 4 nitrogen and oxygen atoms in total. The summed E-state index contributed by atoms with van der Waals surface area (Å²) in [6.45, 7) is 0.428. The largest absolute Gasteiger partial charge is 0.467 e. The maximum Gasteiger partial charge on any atom is 0.257 e. The zero-order chi connectivity index (χ0) is 18.0. The first kappa shape index (κ1) is 18.3. The van der Waals surface area contributed by atoms with Crippen LogP contribution in [0.5, 0.6) is 0 Å². The van der Waals surface area contributed by atoms with E-state index in [0.717, 1.165) is 11.1 Å². The van der Waals surface area contributed by atoms with Crippen LogP contribution in [0.1, 0.15) is 17.2 Å². The number of carbonyl (C=O) groups is 1. The van der Waals surface area contributed by atoms with Crippen molar-refractivity contribution < 1.29 is 9.53 Å². The molecule has 8 heteroatoms. The quantitative estimate of drug-likeness (QED) is 0.690. The summed E-state index contributed by atoms with van der Waals surface area (Å²) in [6, 6.07) is 12.3. The molecule has 0 saturated heterocycles. The highest BCUT2D eigenvalue weighted by Gasteiger charge is 2.26. The Morgan fingerprint density at radius 3 is 2.36 bits per heavy atom. The molecule has 0 aliphatic carbocycles. The fourth-order valence-electron chi connectivity index (χ4n) is 2.40. The number of nitrogens with zero attached hydrogens (tertiary/aromatic N) is 1. The first-order valence-corrected chi connectivity index (χ1v) is 8.93. The monoisotopic (exact) mass is 416 g/mol. The highest BCUT2D eigenvalue weighted by Crippen LogP contribution is 2.35. The maximum absolute atomic E-state index is 11.5. The summed E-state index contributed by atoms with van der Waals surface area (Å²) >= 11 is 23.5. The summed E-state index contributed by atoms with van der Waals surface area (Å²) in [5.41, 5.74) is 2.07. The van der Waals surface area contributed by atoms with Crippen LogP contribution >= 0.6 is 46.4 Å². The van der Waals surface area contributed by atoms with Crippen molar-refractivity contribution in [1.29, 1.82) is 0 Å². The number of halogens is 4. The molecule has 1 aliphatic heterocycles. The van der Waals surface area contributed by atoms with Gasteiger partial charge in [0, 0.05) is 26.9 Å². The second kappa shape index (κ2) is 7.83. The number of carbonyl (C=O) groups excluding carboxylic acids is 1. The summed E-state index contributed by atoms with van der Waals surface area (Å²) in [7, 11) is 0. The lowest BCUT2D eigenvalue weighted by Gasteiger charge is -2.15. The van der Waals surface area contributed by atoms with Gasteiger partial charge in [0.05, 0.1) is 6.54 Å². The first-order valence-electron chi connectivity index (χ1n) is 7.30. The molecule has 130 valence electrons. The van der Waals surface area contributed by atoms with Gasteiger partial charge in [0.1, 0.15) is 6.10 Å². The number of amides is 1. The Hall–Kier alpha value is -1.46. The van der Waals surface area contributed by atoms with Crippen molar-refractivity contribution >= 4 is 63.9 Å². The van der Waals surface area contributed by atoms with E-state index in [2.05, 4.69) is 10.3 Å². The average molecular weight is 418 g/mol. The van der Waals surface area contributed by atoms with Crippen LogP contribution in [0.2, 0.25) is 10.0 Å². The number of anilines is 1. The summed E-state index contributed by atoms with van der Waals surface area (Å²) < 4.78 is 5.91. The van der Waals surface area contributed by atoms with E-state index in [1.54, 1.807) is 42.5 Å². The molecule has 1 amide bonds. The number of hydrogen-bond donors (Lipinski definition) is 1. The minimum atomic E-state index is -1.12. The molecule has 3 rings (SSSR count). The Kier molecular flexibility index (Phi) is 5.74. The molecule has 25 heavy (non-hydrogen) atoms. The van der Waals surface area contributed by atoms with Gasteiger partial charge in [0.15, 0.2) is 4.84 Å². The van der Waals surface area contributed by atoms with Gasteiger partial charge in [-0.2, -0.15) is 0 Å². The summed E-state index contributed by atoms with van der Waals surface area (Å²) in [5.74, 6) is 0.00499. The minimum absolute atomic E-state index is 0.330. The lowest BCUT2D eigenvalue weighted by atomic mass is 10.1. The topological polar surface area (TPSA) is 50.7 Å². The summed E-state index contributed by atoms with van der Waals surface area (Å²) in [6.07, 6.45) is -0.330. The Bertz CT molecular complexity index is 802. The van der Waals surface area contributed by atoms with Crippen molar-refractivity contribution in [3.8, 4) is 0 Å². The molecule has 2 aromatic rings. The van der Waals surface area contributed by atoms with Crippen molar-refractivity contribution in [2.45, 2.75) is 10.9 Å². The van der Waals surface area contributed by atoms with E-state index in [9.17, 15) is 4.79 Å². The van der Waals surface area contributed by atoms with Gasteiger partial charge in [-0.25, -0.2) is 4.99 Å². The molecule has 2 aromatic carbocycles. The van der Waals surface area contributed by atoms with Crippen LogP contribution in [-0.4, -0.2) is 23.2 Å². The van der Waals surface area contributed by atoms with Crippen LogP contribution in [-0.2, 0) is 9.53 Å². The maximum atomic E-state index is 11.5. The van der Waals surface area contributed by atoms with E-state index in [4.69, 9.17) is 51.1 Å². The molecule has 0 bridgehead atoms. The molecule has 1 N–H and O–H groups in total. The molecule has 0 radical (unpaired) electrons. The van der Waals surface area contributed by atoms with Crippen LogP contribution in [0.3, 0.4) is 0 Å². The van der Waals surface area contributed by atoms with Crippen LogP contribution in [0.25, 0.3) is 0 Å². The summed E-state index contributed by atoms with van der Waals surface area (Å²) in [5, 5.41) is 3.68. The Morgan fingerprint density at radius 2 is 1.76 bits per heavy atom. The second-order valence-electron chi connectivity index (χ2n) is 5.25. The standard InChI is InChI=1S/C17H12Cl4N2O2/c18-11-2-1-3-12(19)14(11)13-8-22-17(25-13)9-4-6-10(7-5-9)23-16(24)15(20)21/h1-7,13,15H,8H2,(H,23,24). The zero-order valence-electron chi connectivity index (χ0n) is 12.7. The van der Waals surface area contributed by atoms with Crippen LogP contribution < -0.4 is 5.32 Å². The fourth-order valence-corrected chi connectivity index (χ4v) is 3.15. The smallest absolute Gasteiger partial charge is 0.257 e. The van der Waals surface area contributed by atoms with Crippen molar-refractivity contribution in [2.24, 2.45) is 4.99 Å². The van der Waals surface area contributed by atoms with Gasteiger partial charge in [-0.1, -0.05) is 52.5 Å². The fraction of sp³-hybridized carbons (Fsp3) is 0.176. The highest BCUT2D eigenvalue weighted by atomic mass is 35.5. The van der Waals surface area contributed by atoms with Gasteiger partial charge in [-0.3, -0.25) is 4.79 Å². The zero-order valence-corrected chi connectivity index (χ0v) is 15.7. The van der Waals surface area contributed by atoms with Crippen molar-refractivity contribution in [3.63, 3.8) is 0 Å². The third-order valence-electron chi connectivity index (χ3n) is 3.57. The van der Waals surface area contributed by atoms with Crippen LogP contribution in [0.15, 0.2) is 47.5 Å². The third kappa shape index (κ3) is 4.21. The van der Waals surface area contributed by atoms with E-state index >= 15 is 0 Å². The lowest BCUT2D eigenvalue weighted by Crippen LogP contribution is -2.18. The lowest BCUT2D eigenvalue weighted by molar-refractivity contribution is -0.114. The number of ether oxygens (including phenoxy) is 1. The molecule has 1 heterocycles. The molecule has 0 fully saturated rings. The SMILES string of the molecule is O=C(Nc1ccc(C2=NCC(c3c(Cl)cccc3Cl)O2)cc1)C(Cl)Cl. The number of benzene rings is 2. The second-order valence-corrected chi connectivity index (χ2v) is 7.17. The highest BCUT2D eigenvalue weighted by molar-refractivity contribution is 6.54. The average Bonchev–Trinajstić information content (AvgIpc) is 3.05. The molecular formula is C17H12Cl4N2O2. The van der Waals surface area contributed by atoms with Crippen LogP contribution in [0.4, 0.5) is 5.69 Å². The number of rotatable bonds is 4. The van der Waals surface area contributed by atoms with Gasteiger partial charge in [0.2, 0.25) is 5.90 Å². The Labute approximate surface area is 164 Å². The van der Waals surface area contributed by atoms with E-state index in [-0.39, 0.29) is 6.10 Å². The van der Waals surface area contributed by atoms with Crippen molar-refractivity contribution in [3.05, 3.63) is 63.6 Å². The van der Waals surface area contributed by atoms with Crippen molar-refractivity contribution in [2.75, 3.05) is 11.9 Å². The van der Waals surface area contributed by atoms with Gasteiger partial charge in [-0.05, 0) is 36.4 Å². The summed E-state index contributed by atoms with van der Waals surface area (Å²) in [4.78, 5) is 14.8. The van der Waals surface area contributed by atoms with Crippen molar-refractivity contribution in [1.82, 2.24) is 0 Å². The van der Waals surface area contributed by atoms with Gasteiger partial charge in [0.25, 0.3) is 5.91 Å². The molecule has 0 aromatic heterocycles. The van der Waals surface area contributed by atoms with E-state index in [0.29, 0.717) is 28.2 Å². The number of aliphatic imine (C=N–C) groups is 1. The molecule has 1 atom stereocenters. The van der Waals surface area contributed by atoms with E-state index in [1.807, 2.05) is 0 Å². The molecule has 1 aliphatic rings. The minimum Gasteiger partial charge on any atom is -0.467 e. The van der Waals surface area contributed by atoms with E-state index in [1.165, 1.54) is 0 Å². The number of hydrogen-bond acceptors (Lipinski definition) is 3. The predicted octanol–water partition coefficient (Wildman–Crippen LogP) is 5.25. The molecular weight excluding hydrogens is 406 g/mol. The Morgan fingerprint density at radius 1 is 1.12 bits per heavy atom. The van der Waals surface area contributed by atoms with Crippen LogP contribution in [0, 0.1) is 0 Å². The van der Waals surface area contributed by atoms with E-state index < -0.39 is 10.7 Å². The first-order chi connectivity index (χ1) is 12.0. The normalized spacial score (nSPS) is 16.5. The molecule has 0 saturated carbocycles. The Balaban J connectivity index is 1.71. The van der Waals surface area contributed by atoms with Gasteiger partial charge < -0.3 is 10.1 Å². The number of nitrogens with one attached hydrogen (secondary N) is 1. The van der Waals surface area contributed by atoms with Gasteiger partial charge >= 0.3 is 0 Å². The number of alkyl halides is 2. The van der Waals surface area contributed by atoms with Gasteiger partial charge in [-0.15, -0.1) is 0 Å². The third-order valence-corrected chi connectivity index (χ3v) is 4.63.